The Morgan fingerprint density at radius 2 is 1.78 bits per heavy atom. The second-order valence-corrected chi connectivity index (χ2v) is 5.91. The van der Waals surface area contributed by atoms with Gasteiger partial charge >= 0.3 is 5.63 Å². The van der Waals surface area contributed by atoms with Crippen LogP contribution in [-0.4, -0.2) is 10.8 Å². The van der Waals surface area contributed by atoms with Crippen LogP contribution in [0.15, 0.2) is 75.9 Å². The van der Waals surface area contributed by atoms with Crippen LogP contribution in [0.5, 0.6) is 0 Å². The minimum absolute atomic E-state index is 0.163. The van der Waals surface area contributed by atoms with Crippen molar-refractivity contribution in [3.63, 3.8) is 0 Å². The Balaban J connectivity index is 1.78. The van der Waals surface area contributed by atoms with E-state index in [-0.39, 0.29) is 16.9 Å². The van der Waals surface area contributed by atoms with Crippen molar-refractivity contribution >= 4 is 39.0 Å². The second-order valence-electron chi connectivity index (χ2n) is 5.91. The van der Waals surface area contributed by atoms with E-state index in [2.05, 4.69) is 5.32 Å². The zero-order chi connectivity index (χ0) is 19.0. The monoisotopic (exact) mass is 360 g/mol. The molecule has 3 aromatic carbocycles. The number of amides is 1. The third-order valence-corrected chi connectivity index (χ3v) is 4.20. The van der Waals surface area contributed by atoms with Gasteiger partial charge in [0.25, 0.3) is 11.6 Å². The Hall–Kier alpha value is -4.00. The van der Waals surface area contributed by atoms with E-state index in [1.807, 2.05) is 30.3 Å². The molecule has 4 aromatic rings. The second kappa shape index (κ2) is 6.38. The van der Waals surface area contributed by atoms with Gasteiger partial charge in [-0.05, 0) is 29.0 Å². The van der Waals surface area contributed by atoms with Gasteiger partial charge in [-0.3, -0.25) is 14.9 Å². The van der Waals surface area contributed by atoms with Crippen LogP contribution in [0.4, 0.5) is 11.4 Å². The first kappa shape index (κ1) is 16.5. The normalized spacial score (nSPS) is 10.8. The summed E-state index contributed by atoms with van der Waals surface area (Å²) >= 11 is 0. The van der Waals surface area contributed by atoms with Gasteiger partial charge in [0, 0.05) is 23.2 Å². The lowest BCUT2D eigenvalue weighted by atomic mass is 10.0. The minimum Gasteiger partial charge on any atom is -0.422 e. The molecule has 0 aliphatic heterocycles. The number of nitro groups is 1. The molecule has 0 saturated carbocycles. The molecule has 0 radical (unpaired) electrons. The van der Waals surface area contributed by atoms with Crippen LogP contribution in [0, 0.1) is 10.1 Å². The van der Waals surface area contributed by atoms with Gasteiger partial charge in [-0.1, -0.05) is 36.4 Å². The molecule has 0 aliphatic rings. The highest BCUT2D eigenvalue weighted by Gasteiger charge is 2.16. The van der Waals surface area contributed by atoms with Crippen molar-refractivity contribution in [3.8, 4) is 0 Å². The number of rotatable bonds is 3. The van der Waals surface area contributed by atoms with Gasteiger partial charge in [0.15, 0.2) is 0 Å². The molecule has 7 nitrogen and oxygen atoms in total. The average Bonchev–Trinajstić information content (AvgIpc) is 2.67. The van der Waals surface area contributed by atoms with Crippen LogP contribution >= 0.6 is 0 Å². The quantitative estimate of drug-likeness (QED) is 0.256. The van der Waals surface area contributed by atoms with Gasteiger partial charge in [-0.15, -0.1) is 0 Å². The van der Waals surface area contributed by atoms with Crippen molar-refractivity contribution < 1.29 is 14.1 Å². The Bertz CT molecular complexity index is 1280. The summed E-state index contributed by atoms with van der Waals surface area (Å²) in [5.74, 6) is -0.695. The molecule has 0 unspecified atom stereocenters. The van der Waals surface area contributed by atoms with Crippen LogP contribution in [-0.2, 0) is 0 Å². The van der Waals surface area contributed by atoms with Crippen LogP contribution in [0.25, 0.3) is 21.7 Å². The van der Waals surface area contributed by atoms with Crippen LogP contribution in [0.1, 0.15) is 10.4 Å². The van der Waals surface area contributed by atoms with E-state index in [4.69, 9.17) is 4.42 Å². The van der Waals surface area contributed by atoms with Gasteiger partial charge in [0.05, 0.1) is 4.92 Å². The minimum atomic E-state index is -0.777. The van der Waals surface area contributed by atoms with E-state index in [9.17, 15) is 19.7 Å². The number of hydrogen-bond donors (Lipinski definition) is 1. The van der Waals surface area contributed by atoms with Crippen molar-refractivity contribution in [1.82, 2.24) is 0 Å². The molecule has 0 saturated heterocycles. The number of non-ortho nitro benzene ring substituents is 1. The maximum absolute atomic E-state index is 12.6. The van der Waals surface area contributed by atoms with Crippen LogP contribution in [0.3, 0.4) is 0 Å². The molecule has 132 valence electrons. The summed E-state index contributed by atoms with van der Waals surface area (Å²) in [5, 5.41) is 15.8. The molecule has 0 bridgehead atoms. The number of carbonyl (C=O) groups is 1. The molecular weight excluding hydrogens is 348 g/mol. The number of benzene rings is 3. The van der Waals surface area contributed by atoms with Gasteiger partial charge < -0.3 is 9.73 Å². The Morgan fingerprint density at radius 1 is 0.963 bits per heavy atom. The lowest BCUT2D eigenvalue weighted by Gasteiger charge is -2.07. The highest BCUT2D eigenvalue weighted by molar-refractivity contribution is 6.10. The molecular formula is C20H12N2O5. The number of nitro benzene ring substituents is 1. The van der Waals surface area contributed by atoms with E-state index in [0.717, 1.165) is 10.8 Å². The van der Waals surface area contributed by atoms with Crippen LogP contribution in [0.2, 0.25) is 0 Å². The SMILES string of the molecule is O=C(Nc1cccc([N+](=O)[O-])c1)c1cc2c(ccc3ccccc32)oc1=O. The fourth-order valence-electron chi connectivity index (χ4n) is 2.93. The molecule has 1 heterocycles. The Morgan fingerprint density at radius 3 is 2.59 bits per heavy atom. The molecule has 1 N–H and O–H groups in total. The van der Waals surface area contributed by atoms with E-state index < -0.39 is 16.5 Å². The van der Waals surface area contributed by atoms with Gasteiger partial charge in [-0.25, -0.2) is 4.79 Å². The number of nitrogens with zero attached hydrogens (tertiary/aromatic N) is 1. The predicted octanol–water partition coefficient (Wildman–Crippen LogP) is 4.11. The molecule has 1 amide bonds. The van der Waals surface area contributed by atoms with Crippen LogP contribution < -0.4 is 10.9 Å². The van der Waals surface area contributed by atoms with E-state index in [1.165, 1.54) is 30.3 Å². The third kappa shape index (κ3) is 3.02. The number of carbonyl (C=O) groups excluding carboxylic acids is 1. The summed E-state index contributed by atoms with van der Waals surface area (Å²) in [6.45, 7) is 0. The first-order valence-corrected chi connectivity index (χ1v) is 8.04. The van der Waals surface area contributed by atoms with E-state index in [0.29, 0.717) is 11.0 Å². The fourth-order valence-corrected chi connectivity index (χ4v) is 2.93. The van der Waals surface area contributed by atoms with Crippen molar-refractivity contribution in [2.45, 2.75) is 0 Å². The summed E-state index contributed by atoms with van der Waals surface area (Å²) in [7, 11) is 0. The topological polar surface area (TPSA) is 102 Å². The molecule has 0 atom stereocenters. The molecule has 1 aromatic heterocycles. The largest absolute Gasteiger partial charge is 0.422 e. The lowest BCUT2D eigenvalue weighted by molar-refractivity contribution is -0.384. The molecule has 7 heteroatoms. The van der Waals surface area contributed by atoms with Crippen molar-refractivity contribution in [3.05, 3.63) is 92.8 Å². The molecule has 0 fully saturated rings. The summed E-state index contributed by atoms with van der Waals surface area (Å²) < 4.78 is 5.30. The van der Waals surface area contributed by atoms with Crippen molar-refractivity contribution in [2.75, 3.05) is 5.32 Å². The smallest absolute Gasteiger partial charge is 0.349 e. The highest BCUT2D eigenvalue weighted by Crippen LogP contribution is 2.25. The summed E-state index contributed by atoms with van der Waals surface area (Å²) in [5.41, 5.74) is -0.521. The van der Waals surface area contributed by atoms with Gasteiger partial charge in [0.1, 0.15) is 11.1 Å². The van der Waals surface area contributed by atoms with E-state index >= 15 is 0 Å². The van der Waals surface area contributed by atoms with E-state index in [1.54, 1.807) is 6.07 Å². The number of hydrogen-bond acceptors (Lipinski definition) is 5. The molecule has 0 spiro atoms. The third-order valence-electron chi connectivity index (χ3n) is 4.20. The Labute approximate surface area is 152 Å². The molecule has 4 rings (SSSR count). The predicted molar refractivity (Wildman–Crippen MR) is 101 cm³/mol. The molecule has 27 heavy (non-hydrogen) atoms. The number of anilines is 1. The Kier molecular flexibility index (Phi) is 3.89. The average molecular weight is 360 g/mol. The lowest BCUT2D eigenvalue weighted by Crippen LogP contribution is -2.20. The molecule has 0 aliphatic carbocycles. The zero-order valence-corrected chi connectivity index (χ0v) is 13.8. The van der Waals surface area contributed by atoms with Gasteiger partial charge in [-0.2, -0.15) is 0 Å². The van der Waals surface area contributed by atoms with Gasteiger partial charge in [0.2, 0.25) is 0 Å². The van der Waals surface area contributed by atoms with Crippen molar-refractivity contribution in [2.24, 2.45) is 0 Å². The highest BCUT2D eigenvalue weighted by atomic mass is 16.6. The van der Waals surface area contributed by atoms with Crippen molar-refractivity contribution in [1.29, 1.82) is 0 Å². The summed E-state index contributed by atoms with van der Waals surface area (Å²) in [6, 6.07) is 18.0. The first-order valence-electron chi connectivity index (χ1n) is 8.04. The standard InChI is InChI=1S/C20H12N2O5/c23-19(21-13-5-3-6-14(10-13)22(25)26)17-11-16-15-7-2-1-4-12(15)8-9-18(16)27-20(17)24/h1-11H,(H,21,23). The number of fused-ring (bicyclic) bond motifs is 3. The maximum Gasteiger partial charge on any atom is 0.349 e. The fraction of sp³-hybridized carbons (Fsp3) is 0. The number of nitrogens with one attached hydrogen (secondary N) is 1. The maximum atomic E-state index is 12.6. The summed E-state index contributed by atoms with van der Waals surface area (Å²) in [6.07, 6.45) is 0. The first-order chi connectivity index (χ1) is 13.0. The summed E-state index contributed by atoms with van der Waals surface area (Å²) in [4.78, 5) is 35.1. The zero-order valence-electron chi connectivity index (χ0n) is 13.8.